The van der Waals surface area contributed by atoms with Gasteiger partial charge in [-0.25, -0.2) is 4.79 Å². The lowest BCUT2D eigenvalue weighted by Crippen LogP contribution is -2.39. The van der Waals surface area contributed by atoms with Crippen molar-refractivity contribution < 1.29 is 4.79 Å². The zero-order valence-electron chi connectivity index (χ0n) is 10.8. The lowest BCUT2D eigenvalue weighted by molar-refractivity contribution is 0.205. The van der Waals surface area contributed by atoms with Crippen molar-refractivity contribution in [3.05, 3.63) is 35.9 Å². The van der Waals surface area contributed by atoms with Crippen molar-refractivity contribution in [3.63, 3.8) is 0 Å². The molecular weight excluding hydrogens is 214 g/mol. The molecule has 1 aromatic carbocycles. The summed E-state index contributed by atoms with van der Waals surface area (Å²) in [6, 6.07) is 9.93. The molecule has 94 valence electrons. The molecule has 4 heteroatoms. The second-order valence-corrected chi connectivity index (χ2v) is 4.38. The van der Waals surface area contributed by atoms with Crippen LogP contribution in [0.1, 0.15) is 5.56 Å². The first-order chi connectivity index (χ1) is 8.09. The predicted octanol–water partition coefficient (Wildman–Crippen LogP) is 1.39. The average molecular weight is 235 g/mol. The molecule has 0 atom stereocenters. The van der Waals surface area contributed by atoms with E-state index in [2.05, 4.69) is 5.32 Å². The van der Waals surface area contributed by atoms with E-state index >= 15 is 0 Å². The standard InChI is InChI=1S/C13H21N3O/c1-15(2)10-9-14-13(17)16(3)11-12-7-5-4-6-8-12/h4-8H,9-11H2,1-3H3,(H,14,17). The Morgan fingerprint density at radius 2 is 1.82 bits per heavy atom. The third kappa shape index (κ3) is 5.36. The van der Waals surface area contributed by atoms with Gasteiger partial charge in [0.25, 0.3) is 0 Å². The van der Waals surface area contributed by atoms with E-state index in [-0.39, 0.29) is 6.03 Å². The van der Waals surface area contributed by atoms with Gasteiger partial charge in [0, 0.05) is 26.7 Å². The van der Waals surface area contributed by atoms with Gasteiger partial charge in [-0.3, -0.25) is 0 Å². The van der Waals surface area contributed by atoms with E-state index in [4.69, 9.17) is 0 Å². The monoisotopic (exact) mass is 235 g/mol. The highest BCUT2D eigenvalue weighted by atomic mass is 16.2. The van der Waals surface area contributed by atoms with Crippen LogP contribution in [0.5, 0.6) is 0 Å². The fraction of sp³-hybridized carbons (Fsp3) is 0.462. The number of hydrogen-bond acceptors (Lipinski definition) is 2. The number of likely N-dealkylation sites (N-methyl/N-ethyl adjacent to an activating group) is 1. The Kier molecular flexibility index (Phi) is 5.49. The van der Waals surface area contributed by atoms with E-state index in [1.807, 2.05) is 49.3 Å². The van der Waals surface area contributed by atoms with E-state index < -0.39 is 0 Å². The van der Waals surface area contributed by atoms with Crippen LogP contribution < -0.4 is 5.32 Å². The second-order valence-electron chi connectivity index (χ2n) is 4.38. The molecule has 4 nitrogen and oxygen atoms in total. The Morgan fingerprint density at radius 1 is 1.18 bits per heavy atom. The zero-order valence-corrected chi connectivity index (χ0v) is 10.8. The van der Waals surface area contributed by atoms with Crippen LogP contribution in [-0.2, 0) is 6.54 Å². The zero-order chi connectivity index (χ0) is 12.7. The fourth-order valence-electron chi connectivity index (χ4n) is 1.45. The van der Waals surface area contributed by atoms with Crippen molar-refractivity contribution >= 4 is 6.03 Å². The summed E-state index contributed by atoms with van der Waals surface area (Å²) in [6.07, 6.45) is 0. The van der Waals surface area contributed by atoms with Gasteiger partial charge in [0.2, 0.25) is 0 Å². The van der Waals surface area contributed by atoms with E-state index in [0.717, 1.165) is 12.1 Å². The highest BCUT2D eigenvalue weighted by molar-refractivity contribution is 5.73. The fourth-order valence-corrected chi connectivity index (χ4v) is 1.45. The van der Waals surface area contributed by atoms with Gasteiger partial charge in [0.05, 0.1) is 0 Å². The number of urea groups is 1. The van der Waals surface area contributed by atoms with Crippen LogP contribution >= 0.6 is 0 Å². The van der Waals surface area contributed by atoms with Gasteiger partial charge in [-0.1, -0.05) is 30.3 Å². The van der Waals surface area contributed by atoms with Gasteiger partial charge in [-0.2, -0.15) is 0 Å². The van der Waals surface area contributed by atoms with Crippen molar-refractivity contribution in [3.8, 4) is 0 Å². The molecule has 1 aromatic rings. The minimum absolute atomic E-state index is 0.0318. The third-order valence-electron chi connectivity index (χ3n) is 2.44. The molecule has 0 aliphatic carbocycles. The van der Waals surface area contributed by atoms with E-state index in [0.29, 0.717) is 13.1 Å². The number of rotatable bonds is 5. The van der Waals surface area contributed by atoms with Crippen LogP contribution in [0.25, 0.3) is 0 Å². The smallest absolute Gasteiger partial charge is 0.317 e. The van der Waals surface area contributed by atoms with Crippen LogP contribution in [0.2, 0.25) is 0 Å². The molecule has 0 aliphatic heterocycles. The summed E-state index contributed by atoms with van der Waals surface area (Å²) < 4.78 is 0. The molecule has 0 spiro atoms. The number of carbonyl (C=O) groups excluding carboxylic acids is 1. The Labute approximate surface area is 103 Å². The Hall–Kier alpha value is -1.55. The number of hydrogen-bond donors (Lipinski definition) is 1. The lowest BCUT2D eigenvalue weighted by Gasteiger charge is -2.19. The maximum Gasteiger partial charge on any atom is 0.317 e. The summed E-state index contributed by atoms with van der Waals surface area (Å²) in [5.74, 6) is 0. The van der Waals surface area contributed by atoms with E-state index in [9.17, 15) is 4.79 Å². The number of nitrogens with zero attached hydrogens (tertiary/aromatic N) is 2. The van der Waals surface area contributed by atoms with Gasteiger partial charge in [-0.05, 0) is 19.7 Å². The van der Waals surface area contributed by atoms with Gasteiger partial charge in [0.1, 0.15) is 0 Å². The molecule has 0 aromatic heterocycles. The molecule has 0 saturated carbocycles. The van der Waals surface area contributed by atoms with Crippen LogP contribution in [-0.4, -0.2) is 50.1 Å². The molecule has 1 N–H and O–H groups in total. The molecule has 0 heterocycles. The van der Waals surface area contributed by atoms with Gasteiger partial charge in [0.15, 0.2) is 0 Å². The second kappa shape index (κ2) is 6.91. The Morgan fingerprint density at radius 3 is 2.41 bits per heavy atom. The predicted molar refractivity (Wildman–Crippen MR) is 69.9 cm³/mol. The van der Waals surface area contributed by atoms with Crippen molar-refractivity contribution in [2.45, 2.75) is 6.54 Å². The lowest BCUT2D eigenvalue weighted by atomic mass is 10.2. The van der Waals surface area contributed by atoms with Crippen molar-refractivity contribution in [2.75, 3.05) is 34.2 Å². The molecule has 0 aliphatic rings. The van der Waals surface area contributed by atoms with Crippen LogP contribution in [0.15, 0.2) is 30.3 Å². The molecule has 0 saturated heterocycles. The summed E-state index contributed by atoms with van der Waals surface area (Å²) in [7, 11) is 5.78. The quantitative estimate of drug-likeness (QED) is 0.837. The first-order valence-electron chi connectivity index (χ1n) is 5.77. The summed E-state index contributed by atoms with van der Waals surface area (Å²) >= 11 is 0. The Bertz CT molecular complexity index is 338. The molecule has 0 fully saturated rings. The van der Waals surface area contributed by atoms with Crippen molar-refractivity contribution in [1.82, 2.24) is 15.1 Å². The van der Waals surface area contributed by atoms with E-state index in [1.54, 1.807) is 11.9 Å². The van der Waals surface area contributed by atoms with Crippen molar-refractivity contribution in [1.29, 1.82) is 0 Å². The molecule has 0 unspecified atom stereocenters. The summed E-state index contributed by atoms with van der Waals surface area (Å²) in [5, 5.41) is 2.88. The van der Waals surface area contributed by atoms with Crippen molar-refractivity contribution in [2.24, 2.45) is 0 Å². The minimum atomic E-state index is -0.0318. The molecule has 17 heavy (non-hydrogen) atoms. The number of amides is 2. The maximum absolute atomic E-state index is 11.7. The van der Waals surface area contributed by atoms with Crippen LogP contribution in [0.4, 0.5) is 4.79 Å². The highest BCUT2D eigenvalue weighted by Gasteiger charge is 2.07. The molecule has 2 amide bonds. The molecule has 0 bridgehead atoms. The average Bonchev–Trinajstić information content (AvgIpc) is 2.29. The van der Waals surface area contributed by atoms with E-state index in [1.165, 1.54) is 0 Å². The third-order valence-corrected chi connectivity index (χ3v) is 2.44. The van der Waals surface area contributed by atoms with Gasteiger partial charge in [-0.15, -0.1) is 0 Å². The molecular formula is C13H21N3O. The normalized spacial score (nSPS) is 10.4. The first kappa shape index (κ1) is 13.5. The largest absolute Gasteiger partial charge is 0.337 e. The molecule has 0 radical (unpaired) electrons. The summed E-state index contributed by atoms with van der Waals surface area (Å²) in [6.45, 7) is 2.16. The SMILES string of the molecule is CN(C)CCNC(=O)N(C)Cc1ccccc1. The van der Waals surface area contributed by atoms with Crippen LogP contribution in [0, 0.1) is 0 Å². The topological polar surface area (TPSA) is 35.6 Å². The maximum atomic E-state index is 11.7. The summed E-state index contributed by atoms with van der Waals surface area (Å²) in [5.41, 5.74) is 1.14. The number of benzene rings is 1. The molecule has 1 rings (SSSR count). The minimum Gasteiger partial charge on any atom is -0.337 e. The highest BCUT2D eigenvalue weighted by Crippen LogP contribution is 2.02. The van der Waals surface area contributed by atoms with Crippen LogP contribution in [0.3, 0.4) is 0 Å². The first-order valence-corrected chi connectivity index (χ1v) is 5.77. The number of nitrogens with one attached hydrogen (secondary N) is 1. The Balaban J connectivity index is 2.32. The number of carbonyl (C=O) groups is 1. The van der Waals surface area contributed by atoms with Gasteiger partial charge < -0.3 is 15.1 Å². The van der Waals surface area contributed by atoms with Gasteiger partial charge >= 0.3 is 6.03 Å². The summed E-state index contributed by atoms with van der Waals surface area (Å²) in [4.78, 5) is 15.4.